The van der Waals surface area contributed by atoms with Crippen LogP contribution in [0.3, 0.4) is 0 Å². The molecule has 0 spiro atoms. The lowest BCUT2D eigenvalue weighted by molar-refractivity contribution is 0.0265. The highest BCUT2D eigenvalue weighted by Gasteiger charge is 2.23. The molecule has 1 N–H and O–H groups in total. The number of aryl methyl sites for hydroxylation is 1. The highest BCUT2D eigenvalue weighted by molar-refractivity contribution is 7.89. The van der Waals surface area contributed by atoms with E-state index >= 15 is 0 Å². The maximum Gasteiger partial charge on any atom is 0.338 e. The van der Waals surface area contributed by atoms with Crippen LogP contribution in [-0.4, -0.2) is 29.5 Å². The maximum absolute atomic E-state index is 12.9. The van der Waals surface area contributed by atoms with Gasteiger partial charge in [0.25, 0.3) is 5.89 Å². The minimum absolute atomic E-state index is 0.00203. The summed E-state index contributed by atoms with van der Waals surface area (Å²) in [5.74, 6) is -0.288. The molecule has 0 aliphatic rings. The number of hydrogen-bond donors (Lipinski definition) is 1. The molecule has 2 aromatic carbocycles. The van der Waals surface area contributed by atoms with Crippen molar-refractivity contribution >= 4 is 16.0 Å². The SMILES string of the molecule is Cc1ccc(C(=O)OC(C)c2nc(-c3cccnc3)no2)cc1S(=O)(=O)NCc1ccccc1. The second kappa shape index (κ2) is 9.94. The van der Waals surface area contributed by atoms with Crippen molar-refractivity contribution in [3.8, 4) is 11.4 Å². The first-order valence-electron chi connectivity index (χ1n) is 10.4. The molecule has 0 fully saturated rings. The van der Waals surface area contributed by atoms with Gasteiger partial charge in [0.2, 0.25) is 15.8 Å². The van der Waals surface area contributed by atoms with Gasteiger partial charge in [-0.3, -0.25) is 4.98 Å². The fourth-order valence-electron chi connectivity index (χ4n) is 3.16. The zero-order valence-electron chi connectivity index (χ0n) is 18.5. The predicted octanol–water partition coefficient (Wildman–Crippen LogP) is 3.84. The summed E-state index contributed by atoms with van der Waals surface area (Å²) < 4.78 is 39.0. The van der Waals surface area contributed by atoms with Crippen LogP contribution in [0.25, 0.3) is 11.4 Å². The molecule has 0 aliphatic carbocycles. The Morgan fingerprint density at radius 1 is 1.12 bits per heavy atom. The van der Waals surface area contributed by atoms with Gasteiger partial charge in [0.1, 0.15) is 0 Å². The molecule has 34 heavy (non-hydrogen) atoms. The summed E-state index contributed by atoms with van der Waals surface area (Å²) in [7, 11) is -3.86. The summed E-state index contributed by atoms with van der Waals surface area (Å²) in [6, 6.07) is 17.0. The number of nitrogens with zero attached hydrogens (tertiary/aromatic N) is 3. The molecule has 1 unspecified atom stereocenters. The molecule has 9 nitrogen and oxygen atoms in total. The molecule has 4 aromatic rings. The number of pyridine rings is 1. The van der Waals surface area contributed by atoms with Gasteiger partial charge >= 0.3 is 5.97 Å². The molecule has 2 aromatic heterocycles. The largest absolute Gasteiger partial charge is 0.449 e. The number of nitrogens with one attached hydrogen (secondary N) is 1. The molecular weight excluding hydrogens is 456 g/mol. The average Bonchev–Trinajstić information content (AvgIpc) is 3.35. The number of aromatic nitrogens is 3. The van der Waals surface area contributed by atoms with Gasteiger partial charge in [0.15, 0.2) is 6.10 Å². The predicted molar refractivity (Wildman–Crippen MR) is 123 cm³/mol. The number of carbonyl (C=O) groups excluding carboxylic acids is 1. The van der Waals surface area contributed by atoms with E-state index in [0.717, 1.165) is 5.56 Å². The Kier molecular flexibility index (Phi) is 6.80. The van der Waals surface area contributed by atoms with Crippen molar-refractivity contribution in [2.24, 2.45) is 0 Å². The molecule has 0 aliphatic heterocycles. The fourth-order valence-corrected chi connectivity index (χ4v) is 4.45. The lowest BCUT2D eigenvalue weighted by atomic mass is 10.1. The summed E-state index contributed by atoms with van der Waals surface area (Å²) in [4.78, 5) is 21.0. The molecular formula is C24H22N4O5S. The van der Waals surface area contributed by atoms with Gasteiger partial charge in [0, 0.05) is 24.5 Å². The van der Waals surface area contributed by atoms with Crippen LogP contribution in [0.2, 0.25) is 0 Å². The van der Waals surface area contributed by atoms with E-state index in [-0.39, 0.29) is 22.9 Å². The first kappa shape index (κ1) is 23.3. The maximum atomic E-state index is 12.9. The third-order valence-corrected chi connectivity index (χ3v) is 6.56. The molecule has 0 saturated heterocycles. The van der Waals surface area contributed by atoms with Crippen molar-refractivity contribution in [3.63, 3.8) is 0 Å². The fraction of sp³-hybridized carbons (Fsp3) is 0.167. The summed E-state index contributed by atoms with van der Waals surface area (Å²) in [5, 5.41) is 3.89. The van der Waals surface area contributed by atoms with Crippen LogP contribution in [0.4, 0.5) is 0 Å². The van der Waals surface area contributed by atoms with Crippen molar-refractivity contribution in [2.45, 2.75) is 31.4 Å². The number of hydrogen-bond acceptors (Lipinski definition) is 8. The zero-order chi connectivity index (χ0) is 24.1. The lowest BCUT2D eigenvalue weighted by Crippen LogP contribution is -2.24. The van der Waals surface area contributed by atoms with Crippen molar-refractivity contribution < 1.29 is 22.5 Å². The second-order valence-corrected chi connectivity index (χ2v) is 9.27. The molecule has 1 atom stereocenters. The summed E-state index contributed by atoms with van der Waals surface area (Å²) in [6.07, 6.45) is 2.37. The third-order valence-electron chi connectivity index (χ3n) is 5.02. The Bertz CT molecular complexity index is 1390. The Labute approximate surface area is 196 Å². The van der Waals surface area contributed by atoms with Crippen LogP contribution in [0.1, 0.15) is 40.4 Å². The molecule has 0 amide bonds. The lowest BCUT2D eigenvalue weighted by Gasteiger charge is -2.13. The van der Waals surface area contributed by atoms with Crippen molar-refractivity contribution in [2.75, 3.05) is 0 Å². The van der Waals surface area contributed by atoms with E-state index in [4.69, 9.17) is 9.26 Å². The molecule has 4 rings (SSSR count). The first-order valence-corrected chi connectivity index (χ1v) is 11.9. The van der Waals surface area contributed by atoms with Crippen LogP contribution in [0, 0.1) is 6.92 Å². The van der Waals surface area contributed by atoms with Crippen molar-refractivity contribution in [3.05, 3.63) is 95.6 Å². The summed E-state index contributed by atoms with van der Waals surface area (Å²) >= 11 is 0. The highest BCUT2D eigenvalue weighted by Crippen LogP contribution is 2.23. The number of ether oxygens (including phenoxy) is 1. The van der Waals surface area contributed by atoms with Crippen LogP contribution < -0.4 is 4.72 Å². The number of rotatable bonds is 8. The Morgan fingerprint density at radius 3 is 2.65 bits per heavy atom. The van der Waals surface area contributed by atoms with E-state index in [2.05, 4.69) is 19.8 Å². The topological polar surface area (TPSA) is 124 Å². The standard InChI is InChI=1S/C24H22N4O5S/c1-16-10-11-19(13-21(16)34(30,31)26-14-18-7-4-3-5-8-18)24(29)32-17(2)23-27-22(28-33-23)20-9-6-12-25-15-20/h3-13,15,17,26H,14H2,1-2H3. The summed E-state index contributed by atoms with van der Waals surface area (Å²) in [5.41, 5.74) is 2.07. The van der Waals surface area contributed by atoms with Gasteiger partial charge < -0.3 is 9.26 Å². The van der Waals surface area contributed by atoms with Gasteiger partial charge in [-0.2, -0.15) is 4.98 Å². The van der Waals surface area contributed by atoms with Crippen molar-refractivity contribution in [1.29, 1.82) is 0 Å². The number of benzene rings is 2. The van der Waals surface area contributed by atoms with Crippen molar-refractivity contribution in [1.82, 2.24) is 19.8 Å². The molecule has 0 saturated carbocycles. The van der Waals surface area contributed by atoms with E-state index < -0.39 is 22.1 Å². The Hall–Kier alpha value is -3.89. The molecule has 2 heterocycles. The van der Waals surface area contributed by atoms with E-state index in [1.165, 1.54) is 12.1 Å². The smallest absolute Gasteiger partial charge is 0.338 e. The molecule has 174 valence electrons. The second-order valence-electron chi connectivity index (χ2n) is 7.54. The van der Waals surface area contributed by atoms with Gasteiger partial charge in [0.05, 0.1) is 10.5 Å². The minimum atomic E-state index is -3.86. The van der Waals surface area contributed by atoms with Gasteiger partial charge in [-0.1, -0.05) is 41.6 Å². The number of sulfonamides is 1. The van der Waals surface area contributed by atoms with E-state index in [9.17, 15) is 13.2 Å². The van der Waals surface area contributed by atoms with Crippen LogP contribution in [0.15, 0.2) is 82.5 Å². The van der Waals surface area contributed by atoms with Crippen LogP contribution in [0.5, 0.6) is 0 Å². The number of esters is 1. The van der Waals surface area contributed by atoms with E-state index in [1.807, 2.05) is 30.3 Å². The highest BCUT2D eigenvalue weighted by atomic mass is 32.2. The normalized spacial score (nSPS) is 12.3. The van der Waals surface area contributed by atoms with Gasteiger partial charge in [-0.15, -0.1) is 0 Å². The van der Waals surface area contributed by atoms with Gasteiger partial charge in [-0.25, -0.2) is 17.9 Å². The van der Waals surface area contributed by atoms with E-state index in [1.54, 1.807) is 44.4 Å². The quantitative estimate of drug-likeness (QED) is 0.379. The van der Waals surface area contributed by atoms with Crippen LogP contribution in [-0.2, 0) is 21.3 Å². The summed E-state index contributed by atoms with van der Waals surface area (Å²) in [6.45, 7) is 3.38. The minimum Gasteiger partial charge on any atom is -0.449 e. The molecule has 0 bridgehead atoms. The third kappa shape index (κ3) is 5.36. The van der Waals surface area contributed by atoms with Gasteiger partial charge in [-0.05, 0) is 49.2 Å². The van der Waals surface area contributed by atoms with Crippen LogP contribution >= 0.6 is 0 Å². The Balaban J connectivity index is 1.47. The first-order chi connectivity index (χ1) is 16.3. The molecule has 0 radical (unpaired) electrons. The molecule has 10 heteroatoms. The number of carbonyl (C=O) groups is 1. The Morgan fingerprint density at radius 2 is 1.91 bits per heavy atom. The van der Waals surface area contributed by atoms with E-state index in [0.29, 0.717) is 17.0 Å². The zero-order valence-corrected chi connectivity index (χ0v) is 19.3. The monoisotopic (exact) mass is 478 g/mol. The average molecular weight is 479 g/mol.